The van der Waals surface area contributed by atoms with E-state index in [1.165, 1.54) is 141 Å². The number of allylic oxidation sites excluding steroid dienone is 2. The summed E-state index contributed by atoms with van der Waals surface area (Å²) in [5.74, 6) is -0.381. The highest BCUT2D eigenvalue weighted by molar-refractivity contribution is 7.47. The molecule has 0 aromatic heterocycles. The Kier molecular flexibility index (Phi) is 35.0. The number of hydrogen-bond acceptors (Lipinski definition) is 7. The third-order valence-electron chi connectivity index (χ3n) is 8.15. The number of unbranched alkanes of at least 4 members (excludes halogenated alkanes) is 22. The fourth-order valence-electron chi connectivity index (χ4n) is 5.38. The van der Waals surface area contributed by atoms with E-state index in [0.29, 0.717) is 13.0 Å². The van der Waals surface area contributed by atoms with Crippen LogP contribution in [0, 0.1) is 0 Å². The van der Waals surface area contributed by atoms with Gasteiger partial charge in [0, 0.05) is 19.6 Å². The van der Waals surface area contributed by atoms with E-state index in [0.717, 1.165) is 12.8 Å². The average molecular weight is 676 g/mol. The largest absolute Gasteiger partial charge is 0.472 e. The van der Waals surface area contributed by atoms with Gasteiger partial charge in [0.25, 0.3) is 0 Å². The van der Waals surface area contributed by atoms with Crippen molar-refractivity contribution in [3.05, 3.63) is 12.2 Å². The predicted octanol–water partition coefficient (Wildman–Crippen LogP) is 10.7. The summed E-state index contributed by atoms with van der Waals surface area (Å²) in [6.45, 7) is 4.57. The van der Waals surface area contributed by atoms with E-state index < -0.39 is 13.9 Å². The summed E-state index contributed by atoms with van der Waals surface area (Å²) in [5, 5.41) is 0. The molecule has 0 fully saturated rings. The van der Waals surface area contributed by atoms with Gasteiger partial charge in [0.15, 0.2) is 0 Å². The third kappa shape index (κ3) is 34.6. The van der Waals surface area contributed by atoms with Crippen molar-refractivity contribution in [2.75, 3.05) is 33.0 Å². The van der Waals surface area contributed by atoms with Gasteiger partial charge in [-0.15, -0.1) is 0 Å². The van der Waals surface area contributed by atoms with Crippen LogP contribution in [0.1, 0.15) is 181 Å². The Balaban J connectivity index is 3.54. The average Bonchev–Trinajstić information content (AvgIpc) is 3.04. The minimum atomic E-state index is -4.24. The van der Waals surface area contributed by atoms with Crippen molar-refractivity contribution in [3.8, 4) is 0 Å². The van der Waals surface area contributed by atoms with Crippen LogP contribution in [0.4, 0.5) is 0 Å². The molecule has 274 valence electrons. The number of phosphoric acid groups is 1. The zero-order valence-corrected chi connectivity index (χ0v) is 31.0. The van der Waals surface area contributed by atoms with Gasteiger partial charge < -0.3 is 20.1 Å². The standard InChI is InChI=1S/C37H74NO7P/c1-3-5-6-7-8-9-10-11-12-13-14-15-16-17-18-19-20-21-22-23-24-25-26-27-28-29-32-42-34-36(45-37(39)30-4-2)35-44-46(40,41)43-33-31-38/h13-14,36H,3-12,15-35,38H2,1-2H3,(H,40,41)/b14-13-. The van der Waals surface area contributed by atoms with Crippen LogP contribution in [0.25, 0.3) is 0 Å². The lowest BCUT2D eigenvalue weighted by Gasteiger charge is -2.19. The summed E-state index contributed by atoms with van der Waals surface area (Å²) in [6.07, 6.45) is 36.9. The number of rotatable bonds is 37. The van der Waals surface area contributed by atoms with Crippen LogP contribution < -0.4 is 5.73 Å². The second-order valence-corrected chi connectivity index (χ2v) is 14.2. The smallest absolute Gasteiger partial charge is 0.457 e. The SMILES string of the molecule is CCCCCCCCCC/C=C\CCCCCCCCCCCCCCCCOCC(COP(=O)(O)OCCN)OC(=O)CCC. The molecule has 0 radical (unpaired) electrons. The van der Waals surface area contributed by atoms with Crippen LogP contribution in [0.3, 0.4) is 0 Å². The van der Waals surface area contributed by atoms with Crippen LogP contribution in [0.5, 0.6) is 0 Å². The van der Waals surface area contributed by atoms with Gasteiger partial charge in [-0.1, -0.05) is 148 Å². The van der Waals surface area contributed by atoms with Crippen molar-refractivity contribution in [2.24, 2.45) is 5.73 Å². The summed E-state index contributed by atoms with van der Waals surface area (Å²) in [6, 6.07) is 0. The van der Waals surface area contributed by atoms with E-state index in [4.69, 9.17) is 24.3 Å². The molecule has 0 rings (SSSR count). The Bertz CT molecular complexity index is 722. The van der Waals surface area contributed by atoms with E-state index in [9.17, 15) is 14.3 Å². The highest BCUT2D eigenvalue weighted by atomic mass is 31.2. The highest BCUT2D eigenvalue weighted by Crippen LogP contribution is 2.43. The first kappa shape index (κ1) is 45.2. The maximum Gasteiger partial charge on any atom is 0.472 e. The Morgan fingerprint density at radius 1 is 0.630 bits per heavy atom. The molecule has 0 aliphatic heterocycles. The topological polar surface area (TPSA) is 117 Å². The third-order valence-corrected chi connectivity index (χ3v) is 9.14. The quantitative estimate of drug-likeness (QED) is 0.0289. The Morgan fingerprint density at radius 3 is 1.54 bits per heavy atom. The predicted molar refractivity (Wildman–Crippen MR) is 192 cm³/mol. The molecule has 0 saturated carbocycles. The number of esters is 1. The van der Waals surface area contributed by atoms with Crippen molar-refractivity contribution < 1.29 is 32.8 Å². The number of nitrogens with two attached hydrogens (primary N) is 1. The molecule has 0 aliphatic carbocycles. The van der Waals surface area contributed by atoms with E-state index in [1.807, 2.05) is 6.92 Å². The number of ether oxygens (including phenoxy) is 2. The molecule has 0 aromatic carbocycles. The van der Waals surface area contributed by atoms with Crippen molar-refractivity contribution >= 4 is 13.8 Å². The molecule has 46 heavy (non-hydrogen) atoms. The fourth-order valence-corrected chi connectivity index (χ4v) is 6.15. The molecule has 8 nitrogen and oxygen atoms in total. The molecule has 0 aromatic rings. The van der Waals surface area contributed by atoms with Gasteiger partial charge in [0.2, 0.25) is 0 Å². The lowest BCUT2D eigenvalue weighted by molar-refractivity contribution is -0.154. The van der Waals surface area contributed by atoms with Crippen LogP contribution in [0.2, 0.25) is 0 Å². The first-order chi connectivity index (χ1) is 22.4. The lowest BCUT2D eigenvalue weighted by Crippen LogP contribution is -2.28. The molecular weight excluding hydrogens is 601 g/mol. The van der Waals surface area contributed by atoms with Crippen LogP contribution in [0.15, 0.2) is 12.2 Å². The molecule has 0 heterocycles. The minimum absolute atomic E-state index is 0.0946. The molecule has 2 atom stereocenters. The van der Waals surface area contributed by atoms with E-state index in [-0.39, 0.29) is 38.8 Å². The lowest BCUT2D eigenvalue weighted by atomic mass is 10.0. The number of carbonyl (C=O) groups is 1. The Hall–Kier alpha value is -0.760. The van der Waals surface area contributed by atoms with Gasteiger partial charge in [0.05, 0.1) is 19.8 Å². The van der Waals surface area contributed by atoms with Gasteiger partial charge in [-0.05, 0) is 38.5 Å². The van der Waals surface area contributed by atoms with Crippen molar-refractivity contribution in [2.45, 2.75) is 187 Å². The number of carbonyl (C=O) groups excluding carboxylic acids is 1. The molecule has 0 aliphatic rings. The van der Waals surface area contributed by atoms with Crippen LogP contribution in [-0.4, -0.2) is 49.9 Å². The zero-order chi connectivity index (χ0) is 33.8. The second kappa shape index (κ2) is 35.5. The molecule has 0 amide bonds. The molecule has 0 bridgehead atoms. The molecule has 9 heteroatoms. The van der Waals surface area contributed by atoms with Gasteiger partial charge in [-0.3, -0.25) is 13.8 Å². The first-order valence-electron chi connectivity index (χ1n) is 19.2. The number of phosphoric ester groups is 1. The minimum Gasteiger partial charge on any atom is -0.457 e. The molecule has 0 saturated heterocycles. The molecular formula is C37H74NO7P. The first-order valence-corrected chi connectivity index (χ1v) is 20.7. The fraction of sp³-hybridized carbons (Fsp3) is 0.919. The second-order valence-electron chi connectivity index (χ2n) is 12.8. The highest BCUT2D eigenvalue weighted by Gasteiger charge is 2.25. The monoisotopic (exact) mass is 676 g/mol. The van der Waals surface area contributed by atoms with Gasteiger partial charge >= 0.3 is 13.8 Å². The van der Waals surface area contributed by atoms with Crippen molar-refractivity contribution in [1.82, 2.24) is 0 Å². The Morgan fingerprint density at radius 2 is 1.09 bits per heavy atom. The maximum absolute atomic E-state index is 11.9. The van der Waals surface area contributed by atoms with Crippen molar-refractivity contribution in [3.63, 3.8) is 0 Å². The van der Waals surface area contributed by atoms with Crippen LogP contribution >= 0.6 is 7.82 Å². The van der Waals surface area contributed by atoms with Gasteiger partial charge in [-0.2, -0.15) is 0 Å². The normalized spacial score (nSPS) is 13.7. The summed E-state index contributed by atoms with van der Waals surface area (Å²) in [5.41, 5.74) is 5.29. The zero-order valence-electron chi connectivity index (χ0n) is 30.1. The number of hydrogen-bond donors (Lipinski definition) is 2. The summed E-state index contributed by atoms with van der Waals surface area (Å²) in [4.78, 5) is 21.6. The summed E-state index contributed by atoms with van der Waals surface area (Å²) in [7, 11) is -4.24. The summed E-state index contributed by atoms with van der Waals surface area (Å²) < 4.78 is 32.6. The molecule has 2 unspecified atom stereocenters. The van der Waals surface area contributed by atoms with Gasteiger partial charge in [0.1, 0.15) is 6.10 Å². The van der Waals surface area contributed by atoms with E-state index in [2.05, 4.69) is 19.1 Å². The Labute approximate surface area is 283 Å². The molecule has 0 spiro atoms. The summed E-state index contributed by atoms with van der Waals surface area (Å²) >= 11 is 0. The van der Waals surface area contributed by atoms with Crippen molar-refractivity contribution in [1.29, 1.82) is 0 Å². The molecule has 3 N–H and O–H groups in total. The van der Waals surface area contributed by atoms with E-state index >= 15 is 0 Å². The maximum atomic E-state index is 11.9. The van der Waals surface area contributed by atoms with Crippen LogP contribution in [-0.2, 0) is 27.9 Å². The van der Waals surface area contributed by atoms with Gasteiger partial charge in [-0.25, -0.2) is 4.57 Å². The van der Waals surface area contributed by atoms with E-state index in [1.54, 1.807) is 0 Å².